The van der Waals surface area contributed by atoms with Crippen molar-refractivity contribution in [2.24, 2.45) is 0 Å². The molecule has 1 aliphatic carbocycles. The maximum atomic E-state index is 12.9. The molecule has 4 rings (SSSR count). The van der Waals surface area contributed by atoms with E-state index in [0.717, 1.165) is 43.8 Å². The topological polar surface area (TPSA) is 94.5 Å². The van der Waals surface area contributed by atoms with Gasteiger partial charge < -0.3 is 18.7 Å². The largest absolute Gasteiger partial charge is 0.385 e. The first-order valence-electron chi connectivity index (χ1n) is 9.59. The number of hydrogen-bond donors (Lipinski definition) is 0. The van der Waals surface area contributed by atoms with Crippen LogP contribution < -0.4 is 0 Å². The van der Waals surface area contributed by atoms with Crippen molar-refractivity contribution in [2.45, 2.75) is 57.3 Å². The predicted molar refractivity (Wildman–Crippen MR) is 95.6 cm³/mol. The first kappa shape index (κ1) is 18.2. The fourth-order valence-corrected chi connectivity index (χ4v) is 3.91. The lowest BCUT2D eigenvalue weighted by Crippen LogP contribution is -2.46. The Balaban J connectivity index is 1.51. The van der Waals surface area contributed by atoms with E-state index in [1.54, 1.807) is 21.0 Å². The number of rotatable bonds is 6. The minimum absolute atomic E-state index is 0.0154. The highest BCUT2D eigenvalue weighted by Crippen LogP contribution is 2.42. The van der Waals surface area contributed by atoms with Gasteiger partial charge in [0.05, 0.1) is 5.69 Å². The van der Waals surface area contributed by atoms with Crippen LogP contribution in [0.1, 0.15) is 71.5 Å². The number of amides is 1. The zero-order valence-corrected chi connectivity index (χ0v) is 16.2. The van der Waals surface area contributed by atoms with Gasteiger partial charge >= 0.3 is 0 Å². The molecule has 0 spiro atoms. The molecule has 0 unspecified atom stereocenters. The first-order valence-corrected chi connectivity index (χ1v) is 9.59. The highest BCUT2D eigenvalue weighted by Gasteiger charge is 2.42. The van der Waals surface area contributed by atoms with E-state index in [1.807, 2.05) is 4.90 Å². The van der Waals surface area contributed by atoms with Crippen LogP contribution in [0.2, 0.25) is 0 Å². The van der Waals surface area contributed by atoms with Crippen molar-refractivity contribution in [3.8, 4) is 0 Å². The summed E-state index contributed by atoms with van der Waals surface area (Å²) in [5.41, 5.74) is 1.01. The monoisotopic (exact) mass is 374 g/mol. The lowest BCUT2D eigenvalue weighted by molar-refractivity contribution is 0.0614. The third-order valence-corrected chi connectivity index (χ3v) is 5.88. The van der Waals surface area contributed by atoms with E-state index >= 15 is 0 Å². The molecule has 0 N–H and O–H groups in total. The van der Waals surface area contributed by atoms with Crippen molar-refractivity contribution in [2.75, 3.05) is 26.8 Å². The number of hydrogen-bond acceptors (Lipinski definition) is 7. The minimum atomic E-state index is -0.206. The summed E-state index contributed by atoms with van der Waals surface area (Å²) >= 11 is 0. The van der Waals surface area contributed by atoms with Crippen LogP contribution in [0.3, 0.4) is 0 Å². The number of piperidine rings is 1. The van der Waals surface area contributed by atoms with Crippen LogP contribution in [-0.2, 0) is 10.2 Å². The summed E-state index contributed by atoms with van der Waals surface area (Å²) in [6.07, 6.45) is 4.66. The molecule has 146 valence electrons. The predicted octanol–water partition coefficient (Wildman–Crippen LogP) is 2.76. The Hall–Kier alpha value is -2.22. The smallest absolute Gasteiger partial charge is 0.259 e. The Morgan fingerprint density at radius 3 is 2.56 bits per heavy atom. The molecule has 27 heavy (non-hydrogen) atoms. The third kappa shape index (κ3) is 3.38. The molecule has 1 amide bonds. The van der Waals surface area contributed by atoms with Gasteiger partial charge in [0.1, 0.15) is 11.3 Å². The summed E-state index contributed by atoms with van der Waals surface area (Å²) in [6.45, 7) is 5.49. The molecule has 8 heteroatoms. The van der Waals surface area contributed by atoms with Gasteiger partial charge in [-0.25, -0.2) is 0 Å². The van der Waals surface area contributed by atoms with Crippen molar-refractivity contribution in [3.63, 3.8) is 0 Å². The van der Waals surface area contributed by atoms with E-state index in [0.29, 0.717) is 42.6 Å². The van der Waals surface area contributed by atoms with Crippen molar-refractivity contribution in [1.82, 2.24) is 20.2 Å². The van der Waals surface area contributed by atoms with Gasteiger partial charge in [-0.2, -0.15) is 4.98 Å². The Labute approximate surface area is 158 Å². The fourth-order valence-electron chi connectivity index (χ4n) is 3.91. The second kappa shape index (κ2) is 7.07. The molecule has 0 aromatic carbocycles. The molecule has 0 radical (unpaired) electrons. The molecule has 2 fully saturated rings. The second-order valence-electron chi connectivity index (χ2n) is 7.74. The number of aromatic nitrogens is 3. The molecule has 2 aromatic heterocycles. The Morgan fingerprint density at radius 1 is 1.22 bits per heavy atom. The van der Waals surface area contributed by atoms with Crippen molar-refractivity contribution < 1.29 is 18.6 Å². The average Bonchev–Trinajstić information content (AvgIpc) is 3.31. The van der Waals surface area contributed by atoms with Crippen LogP contribution in [0.5, 0.6) is 0 Å². The van der Waals surface area contributed by atoms with E-state index in [-0.39, 0.29) is 11.3 Å². The Morgan fingerprint density at radius 2 is 1.96 bits per heavy atom. The summed E-state index contributed by atoms with van der Waals surface area (Å²) < 4.78 is 16.0. The lowest BCUT2D eigenvalue weighted by atomic mass is 9.75. The highest BCUT2D eigenvalue weighted by molar-refractivity contribution is 5.96. The van der Waals surface area contributed by atoms with Crippen LogP contribution in [0.4, 0.5) is 0 Å². The SMILES string of the molecule is COCCC1(c2noc(C3CC3)n2)CCN(C(=O)c2c(C)noc2C)CC1. The molecule has 0 atom stereocenters. The summed E-state index contributed by atoms with van der Waals surface area (Å²) in [5, 5.41) is 8.21. The zero-order valence-electron chi connectivity index (χ0n) is 16.2. The van der Waals surface area contributed by atoms with Gasteiger partial charge in [0.25, 0.3) is 5.91 Å². The molecule has 2 aliphatic rings. The van der Waals surface area contributed by atoms with Crippen LogP contribution in [0, 0.1) is 13.8 Å². The molecule has 3 heterocycles. The maximum absolute atomic E-state index is 12.9. The number of carbonyl (C=O) groups excluding carboxylic acids is 1. The molecule has 8 nitrogen and oxygen atoms in total. The first-order chi connectivity index (χ1) is 13.0. The van der Waals surface area contributed by atoms with Crippen LogP contribution >= 0.6 is 0 Å². The molecule has 0 bridgehead atoms. The van der Waals surface area contributed by atoms with Gasteiger partial charge in [-0.15, -0.1) is 0 Å². The van der Waals surface area contributed by atoms with Gasteiger partial charge in [0, 0.05) is 38.1 Å². The van der Waals surface area contributed by atoms with Crippen LogP contribution in [-0.4, -0.2) is 52.9 Å². The van der Waals surface area contributed by atoms with E-state index in [9.17, 15) is 4.79 Å². The summed E-state index contributed by atoms with van der Waals surface area (Å²) in [6, 6.07) is 0. The molecule has 2 aromatic rings. The summed E-state index contributed by atoms with van der Waals surface area (Å²) in [5.74, 6) is 2.52. The summed E-state index contributed by atoms with van der Waals surface area (Å²) in [7, 11) is 1.70. The van der Waals surface area contributed by atoms with Gasteiger partial charge in [-0.1, -0.05) is 10.3 Å². The van der Waals surface area contributed by atoms with Gasteiger partial charge in [-0.05, 0) is 46.0 Å². The Bertz CT molecular complexity index is 796. The average molecular weight is 374 g/mol. The Kier molecular flexibility index (Phi) is 4.75. The number of aryl methyl sites for hydroxylation is 2. The molecule has 1 saturated heterocycles. The third-order valence-electron chi connectivity index (χ3n) is 5.88. The second-order valence-corrected chi connectivity index (χ2v) is 7.74. The van der Waals surface area contributed by atoms with E-state index in [1.165, 1.54) is 0 Å². The van der Waals surface area contributed by atoms with Gasteiger partial charge in [0.15, 0.2) is 5.82 Å². The maximum Gasteiger partial charge on any atom is 0.259 e. The van der Waals surface area contributed by atoms with Crippen LogP contribution in [0.15, 0.2) is 9.05 Å². The highest BCUT2D eigenvalue weighted by atomic mass is 16.5. The number of nitrogens with zero attached hydrogens (tertiary/aromatic N) is 4. The van der Waals surface area contributed by atoms with Crippen molar-refractivity contribution in [1.29, 1.82) is 0 Å². The zero-order chi connectivity index (χ0) is 19.0. The van der Waals surface area contributed by atoms with Crippen molar-refractivity contribution in [3.05, 3.63) is 28.7 Å². The van der Waals surface area contributed by atoms with Crippen LogP contribution in [0.25, 0.3) is 0 Å². The standard InChI is InChI=1S/C19H26N4O4/c1-12-15(13(2)26-21-12)17(24)23-9-6-19(7-10-23,8-11-25-3)18-20-16(27-22-18)14-4-5-14/h14H,4-11H2,1-3H3. The normalized spacial score (nSPS) is 19.4. The fraction of sp³-hybridized carbons (Fsp3) is 0.684. The van der Waals surface area contributed by atoms with Crippen molar-refractivity contribution >= 4 is 5.91 Å². The van der Waals surface area contributed by atoms with E-state index in [2.05, 4.69) is 10.3 Å². The van der Waals surface area contributed by atoms with E-state index in [4.69, 9.17) is 18.8 Å². The number of ether oxygens (including phenoxy) is 1. The summed E-state index contributed by atoms with van der Waals surface area (Å²) in [4.78, 5) is 19.5. The lowest BCUT2D eigenvalue weighted by Gasteiger charge is -2.39. The van der Waals surface area contributed by atoms with Gasteiger partial charge in [-0.3, -0.25) is 4.79 Å². The molecule has 1 saturated carbocycles. The van der Waals surface area contributed by atoms with Gasteiger partial charge in [0.2, 0.25) is 5.89 Å². The number of carbonyl (C=O) groups is 1. The molecular weight excluding hydrogens is 348 g/mol. The number of methoxy groups -OCH3 is 1. The quantitative estimate of drug-likeness (QED) is 0.767. The minimum Gasteiger partial charge on any atom is -0.385 e. The molecule has 1 aliphatic heterocycles. The van der Waals surface area contributed by atoms with E-state index < -0.39 is 0 Å². The molecular formula is C19H26N4O4. The number of likely N-dealkylation sites (tertiary alicyclic amines) is 1.